The zero-order valence-corrected chi connectivity index (χ0v) is 18.8. The highest BCUT2D eigenvalue weighted by molar-refractivity contribution is 7.91. The van der Waals surface area contributed by atoms with E-state index in [1.807, 2.05) is 6.19 Å². The molecule has 2 aromatic carbocycles. The Balaban J connectivity index is 1.83. The standard InChI is InChI=1S/C23H21N5O4S/c1-16(29)18-5-8-21(32-2)22(13-18)33(30,31)20-6-3-17(4-7-20)14-26-23(27-15-24)28-19-9-11-25-12-10-19/h3-13H,14H2,1-2H3,(H2,25,26,27,28). The Morgan fingerprint density at radius 2 is 1.82 bits per heavy atom. The predicted octanol–water partition coefficient (Wildman–Crippen LogP) is 3.16. The molecule has 1 aromatic heterocycles. The summed E-state index contributed by atoms with van der Waals surface area (Å²) >= 11 is 0. The predicted molar refractivity (Wildman–Crippen MR) is 123 cm³/mol. The van der Waals surface area contributed by atoms with Gasteiger partial charge in [-0.05, 0) is 55.0 Å². The zero-order chi connectivity index (χ0) is 23.8. The van der Waals surface area contributed by atoms with E-state index in [9.17, 15) is 13.2 Å². The lowest BCUT2D eigenvalue weighted by Gasteiger charge is -2.11. The van der Waals surface area contributed by atoms with Crippen LogP contribution >= 0.6 is 0 Å². The van der Waals surface area contributed by atoms with Crippen LogP contribution in [0.25, 0.3) is 0 Å². The molecule has 0 unspecified atom stereocenters. The lowest BCUT2D eigenvalue weighted by molar-refractivity contribution is 0.101. The van der Waals surface area contributed by atoms with Crippen molar-refractivity contribution in [2.24, 2.45) is 4.99 Å². The van der Waals surface area contributed by atoms with Gasteiger partial charge in [0, 0.05) is 23.6 Å². The molecule has 0 radical (unpaired) electrons. The van der Waals surface area contributed by atoms with Gasteiger partial charge in [0.2, 0.25) is 15.8 Å². The van der Waals surface area contributed by atoms with Gasteiger partial charge in [-0.1, -0.05) is 12.1 Å². The van der Waals surface area contributed by atoms with Crippen LogP contribution in [-0.4, -0.2) is 32.3 Å². The number of nitrogens with one attached hydrogen (secondary N) is 2. The first-order chi connectivity index (χ1) is 15.8. The topological polar surface area (TPSA) is 134 Å². The quantitative estimate of drug-likeness (QED) is 0.179. The monoisotopic (exact) mass is 463 g/mol. The fourth-order valence-electron chi connectivity index (χ4n) is 2.91. The van der Waals surface area contributed by atoms with E-state index in [4.69, 9.17) is 10.00 Å². The van der Waals surface area contributed by atoms with Gasteiger partial charge in [-0.2, -0.15) is 5.26 Å². The van der Waals surface area contributed by atoms with Crippen LogP contribution in [0.15, 0.2) is 81.8 Å². The minimum absolute atomic E-state index is 0.0551. The van der Waals surface area contributed by atoms with E-state index in [-0.39, 0.29) is 39.4 Å². The van der Waals surface area contributed by atoms with E-state index in [2.05, 4.69) is 20.6 Å². The van der Waals surface area contributed by atoms with Gasteiger partial charge < -0.3 is 10.1 Å². The second-order valence-electron chi connectivity index (χ2n) is 6.83. The number of ketones is 1. The summed E-state index contributed by atoms with van der Waals surface area (Å²) in [6.45, 7) is 1.57. The largest absolute Gasteiger partial charge is 0.495 e. The Labute approximate surface area is 191 Å². The summed E-state index contributed by atoms with van der Waals surface area (Å²) in [6, 6.07) is 14.0. The normalized spacial score (nSPS) is 11.4. The summed E-state index contributed by atoms with van der Waals surface area (Å²) < 4.78 is 31.5. The number of hydrogen-bond acceptors (Lipinski definition) is 7. The number of sulfone groups is 1. The summed E-state index contributed by atoms with van der Waals surface area (Å²) in [5.41, 5.74) is 1.71. The molecule has 0 bridgehead atoms. The Morgan fingerprint density at radius 3 is 2.42 bits per heavy atom. The first-order valence-electron chi connectivity index (χ1n) is 9.74. The number of nitriles is 1. The molecule has 33 heavy (non-hydrogen) atoms. The second kappa shape index (κ2) is 10.4. The highest BCUT2D eigenvalue weighted by atomic mass is 32.2. The Kier molecular flexibility index (Phi) is 7.38. The molecule has 0 saturated heterocycles. The van der Waals surface area contributed by atoms with Gasteiger partial charge in [0.25, 0.3) is 0 Å². The number of carbonyl (C=O) groups excluding carboxylic acids is 1. The van der Waals surface area contributed by atoms with Gasteiger partial charge in [-0.25, -0.2) is 13.4 Å². The van der Waals surface area contributed by atoms with Crippen LogP contribution in [0.4, 0.5) is 5.69 Å². The number of nitrogens with zero attached hydrogens (tertiary/aromatic N) is 3. The fourth-order valence-corrected chi connectivity index (χ4v) is 4.36. The van der Waals surface area contributed by atoms with Gasteiger partial charge in [-0.3, -0.25) is 15.1 Å². The van der Waals surface area contributed by atoms with Crippen LogP contribution in [0.5, 0.6) is 5.75 Å². The van der Waals surface area contributed by atoms with E-state index in [0.717, 1.165) is 5.56 Å². The molecule has 0 spiro atoms. The minimum Gasteiger partial charge on any atom is -0.495 e. The van der Waals surface area contributed by atoms with Crippen LogP contribution in [-0.2, 0) is 16.4 Å². The number of hydrogen-bond donors (Lipinski definition) is 2. The number of ether oxygens (including phenoxy) is 1. The minimum atomic E-state index is -3.92. The van der Waals surface area contributed by atoms with E-state index in [1.165, 1.54) is 44.4 Å². The van der Waals surface area contributed by atoms with Crippen LogP contribution in [0.1, 0.15) is 22.8 Å². The second-order valence-corrected chi connectivity index (χ2v) is 8.75. The third-order valence-corrected chi connectivity index (χ3v) is 6.42. The molecule has 2 N–H and O–H groups in total. The zero-order valence-electron chi connectivity index (χ0n) is 17.9. The number of anilines is 1. The molecule has 0 fully saturated rings. The first-order valence-corrected chi connectivity index (χ1v) is 11.2. The van der Waals surface area contributed by atoms with Crippen molar-refractivity contribution in [2.45, 2.75) is 23.3 Å². The highest BCUT2D eigenvalue weighted by Gasteiger charge is 2.23. The molecule has 1 heterocycles. The van der Waals surface area contributed by atoms with Crippen LogP contribution in [0.3, 0.4) is 0 Å². The molecular formula is C23H21N5O4S. The maximum Gasteiger partial charge on any atom is 0.210 e. The molecule has 0 aliphatic carbocycles. The molecular weight excluding hydrogens is 442 g/mol. The van der Waals surface area contributed by atoms with E-state index >= 15 is 0 Å². The molecule has 0 amide bonds. The number of benzene rings is 2. The Hall–Kier alpha value is -4.23. The van der Waals surface area contributed by atoms with Gasteiger partial charge in [-0.15, -0.1) is 0 Å². The van der Waals surface area contributed by atoms with Crippen molar-refractivity contribution in [3.63, 3.8) is 0 Å². The molecule has 0 aliphatic heterocycles. The van der Waals surface area contributed by atoms with Crippen LogP contribution in [0.2, 0.25) is 0 Å². The molecule has 3 aromatic rings. The smallest absolute Gasteiger partial charge is 0.210 e. The summed E-state index contributed by atoms with van der Waals surface area (Å²) in [7, 11) is -2.55. The summed E-state index contributed by atoms with van der Waals surface area (Å²) in [5, 5.41) is 14.4. The molecule has 0 saturated carbocycles. The number of Topliss-reactive ketones (excluding diaryl/α,β-unsaturated/α-hetero) is 1. The van der Waals surface area contributed by atoms with Crippen LogP contribution in [0, 0.1) is 11.5 Å². The van der Waals surface area contributed by atoms with E-state index in [1.54, 1.807) is 36.7 Å². The maximum atomic E-state index is 13.2. The maximum absolute atomic E-state index is 13.2. The molecule has 0 aliphatic rings. The summed E-state index contributed by atoms with van der Waals surface area (Å²) in [5.74, 6) is 0.152. The van der Waals surface area contributed by atoms with E-state index < -0.39 is 9.84 Å². The van der Waals surface area contributed by atoms with Crippen molar-refractivity contribution < 1.29 is 17.9 Å². The lowest BCUT2D eigenvalue weighted by Crippen LogP contribution is -2.26. The number of aromatic nitrogens is 1. The van der Waals surface area contributed by atoms with Crippen molar-refractivity contribution in [1.82, 2.24) is 10.3 Å². The van der Waals surface area contributed by atoms with Crippen molar-refractivity contribution >= 4 is 27.3 Å². The van der Waals surface area contributed by atoms with Crippen LogP contribution < -0.4 is 15.4 Å². The number of carbonyl (C=O) groups is 1. The highest BCUT2D eigenvalue weighted by Crippen LogP contribution is 2.30. The SMILES string of the molecule is COc1ccc(C(C)=O)cc1S(=O)(=O)c1ccc(CN=C(NC#N)Nc2ccncc2)cc1. The molecule has 9 nitrogen and oxygen atoms in total. The van der Waals surface area contributed by atoms with Gasteiger partial charge in [0.15, 0.2) is 12.0 Å². The van der Waals surface area contributed by atoms with Crippen molar-refractivity contribution in [3.8, 4) is 11.9 Å². The molecule has 10 heteroatoms. The number of aliphatic imine (C=N–C) groups is 1. The average Bonchev–Trinajstić information content (AvgIpc) is 2.83. The van der Waals surface area contributed by atoms with E-state index in [0.29, 0.717) is 5.69 Å². The number of rotatable bonds is 7. The Bertz CT molecular complexity index is 1320. The lowest BCUT2D eigenvalue weighted by atomic mass is 10.1. The number of pyridine rings is 1. The van der Waals surface area contributed by atoms with Crippen molar-refractivity contribution in [2.75, 3.05) is 12.4 Å². The Morgan fingerprint density at radius 1 is 1.12 bits per heavy atom. The third-order valence-electron chi connectivity index (χ3n) is 4.63. The number of guanidine groups is 1. The summed E-state index contributed by atoms with van der Waals surface area (Å²) in [4.78, 5) is 19.9. The van der Waals surface area contributed by atoms with Gasteiger partial charge >= 0.3 is 0 Å². The van der Waals surface area contributed by atoms with Gasteiger partial charge in [0.05, 0.1) is 18.6 Å². The average molecular weight is 464 g/mol. The fraction of sp³-hybridized carbons (Fsp3) is 0.130. The molecule has 3 rings (SSSR count). The van der Waals surface area contributed by atoms with Gasteiger partial charge in [0.1, 0.15) is 10.6 Å². The molecule has 0 atom stereocenters. The number of methoxy groups -OCH3 is 1. The van der Waals surface area contributed by atoms with Crippen molar-refractivity contribution in [3.05, 3.63) is 78.1 Å². The molecule has 168 valence electrons. The first kappa shape index (κ1) is 23.4. The summed E-state index contributed by atoms with van der Waals surface area (Å²) in [6.07, 6.45) is 5.03. The van der Waals surface area contributed by atoms with Crippen molar-refractivity contribution in [1.29, 1.82) is 5.26 Å². The third kappa shape index (κ3) is 5.72.